The molecule has 0 aliphatic heterocycles. The number of rotatable bonds is 8. The standard InChI is InChI=1S/2C23H21O.C2H6Si.2ClH.Zr/c2*1-4-17-7-5-6-8-20(17)23-15(2)9-11-18-13-19(14-21(18)23)22-12-10-16(3)24-22;1-3-2;;;/h2*5-14H,4H2,1-3H3;1-2H3;2*1H;/q;;;;;+2/p-2. The molecule has 6 aromatic rings. The normalized spacial score (nSPS) is 16.6. The Balaban J connectivity index is 1.47. The zero-order valence-electron chi connectivity index (χ0n) is 32.5. The molecule has 0 bridgehead atoms. The van der Waals surface area contributed by atoms with Gasteiger partial charge < -0.3 is 0 Å². The summed E-state index contributed by atoms with van der Waals surface area (Å²) >= 11 is -5.36. The molecule has 2 aromatic heterocycles. The Labute approximate surface area is 328 Å². The van der Waals surface area contributed by atoms with Gasteiger partial charge in [-0.3, -0.25) is 0 Å². The SMILES string of the molecule is CCc1ccccc1-c1c(C)ccc2c1C=C(c1ccc(C)o1)[CH]2[Zr]([Cl])([Cl])([CH]1C(c2ccc(C)o2)=Cc2c1ccc(C)c2-c1ccccc1CC)=[Si](C)C. The van der Waals surface area contributed by atoms with E-state index in [-0.39, 0.29) is 7.25 Å². The van der Waals surface area contributed by atoms with Gasteiger partial charge in [0.15, 0.2) is 0 Å². The van der Waals surface area contributed by atoms with Crippen molar-refractivity contribution in [1.29, 1.82) is 0 Å². The van der Waals surface area contributed by atoms with E-state index in [4.69, 9.17) is 25.9 Å². The zero-order chi connectivity index (χ0) is 38.1. The number of hydrogen-bond acceptors (Lipinski definition) is 2. The van der Waals surface area contributed by atoms with Gasteiger partial charge in [0.2, 0.25) is 0 Å². The average molecular weight is 847 g/mol. The second-order valence-electron chi connectivity index (χ2n) is 15.6. The minimum atomic E-state index is -5.36. The molecule has 0 fully saturated rings. The maximum absolute atomic E-state index is 8.95. The van der Waals surface area contributed by atoms with Crippen molar-refractivity contribution in [2.45, 2.75) is 74.7 Å². The Bertz CT molecular complexity index is 2450. The van der Waals surface area contributed by atoms with Crippen LogP contribution in [-0.2, 0) is 27.9 Å². The molecule has 2 nitrogen and oxygen atoms in total. The first-order chi connectivity index (χ1) is 25.9. The molecule has 54 heavy (non-hydrogen) atoms. The summed E-state index contributed by atoms with van der Waals surface area (Å²) in [4.78, 5) is 0. The van der Waals surface area contributed by atoms with Gasteiger partial charge in [0.25, 0.3) is 0 Å². The van der Waals surface area contributed by atoms with Crippen molar-refractivity contribution >= 4 is 45.8 Å². The summed E-state index contributed by atoms with van der Waals surface area (Å²) in [5.74, 6) is 3.45. The van der Waals surface area contributed by atoms with Gasteiger partial charge in [0.05, 0.1) is 0 Å². The van der Waals surface area contributed by atoms with Crippen molar-refractivity contribution in [1.82, 2.24) is 0 Å². The Hall–Kier alpha value is -3.40. The van der Waals surface area contributed by atoms with Crippen molar-refractivity contribution in [2.24, 2.45) is 0 Å². The first-order valence-corrected chi connectivity index (χ1v) is 34.6. The molecule has 6 heteroatoms. The van der Waals surface area contributed by atoms with Crippen LogP contribution in [0.25, 0.3) is 45.6 Å². The molecule has 2 unspecified atom stereocenters. The fourth-order valence-corrected chi connectivity index (χ4v) is 37.2. The van der Waals surface area contributed by atoms with Crippen LogP contribution in [0.15, 0.2) is 106 Å². The predicted octanol–water partition coefficient (Wildman–Crippen LogP) is 14.7. The van der Waals surface area contributed by atoms with E-state index in [1.54, 1.807) is 0 Å². The molecular weight excluding hydrogens is 799 g/mol. The molecule has 274 valence electrons. The quantitative estimate of drug-likeness (QED) is 0.143. The van der Waals surface area contributed by atoms with E-state index in [9.17, 15) is 0 Å². The van der Waals surface area contributed by atoms with Crippen molar-refractivity contribution in [3.63, 3.8) is 0 Å². The van der Waals surface area contributed by atoms with Crippen molar-refractivity contribution < 1.29 is 23.8 Å². The van der Waals surface area contributed by atoms with Crippen molar-refractivity contribution in [2.75, 3.05) is 0 Å². The number of hydrogen-bond donors (Lipinski definition) is 0. The van der Waals surface area contributed by atoms with Gasteiger partial charge in [-0.1, -0.05) is 0 Å². The van der Waals surface area contributed by atoms with E-state index in [0.29, 0.717) is 0 Å². The predicted molar refractivity (Wildman–Crippen MR) is 229 cm³/mol. The van der Waals surface area contributed by atoms with Gasteiger partial charge in [-0.2, -0.15) is 0 Å². The third kappa shape index (κ3) is 5.73. The summed E-state index contributed by atoms with van der Waals surface area (Å²) in [5.41, 5.74) is 15.9. The summed E-state index contributed by atoms with van der Waals surface area (Å²) in [6.07, 6.45) is 6.65. The minimum absolute atomic E-state index is 0.213. The van der Waals surface area contributed by atoms with Crippen LogP contribution in [0.1, 0.15) is 88.6 Å². The average Bonchev–Trinajstić information content (AvgIpc) is 3.96. The van der Waals surface area contributed by atoms with Crippen molar-refractivity contribution in [3.8, 4) is 22.3 Å². The van der Waals surface area contributed by atoms with Gasteiger partial charge in [-0.25, -0.2) is 0 Å². The fraction of sp³-hybridized carbons (Fsp3) is 0.250. The third-order valence-corrected chi connectivity index (χ3v) is 58.5. The van der Waals surface area contributed by atoms with Crippen LogP contribution in [0.5, 0.6) is 0 Å². The molecule has 2 atom stereocenters. The number of fused-ring (bicyclic) bond motifs is 2. The monoisotopic (exact) mass is 844 g/mol. The Morgan fingerprint density at radius 2 is 0.963 bits per heavy atom. The van der Waals surface area contributed by atoms with Gasteiger partial charge in [0, 0.05) is 0 Å². The molecule has 0 saturated heterocycles. The van der Waals surface area contributed by atoms with Gasteiger partial charge in [0.1, 0.15) is 0 Å². The molecule has 0 saturated carbocycles. The van der Waals surface area contributed by atoms with E-state index in [0.717, 1.165) is 47.0 Å². The van der Waals surface area contributed by atoms with E-state index < -0.39 is 20.4 Å². The van der Waals surface area contributed by atoms with Gasteiger partial charge in [-0.15, -0.1) is 0 Å². The number of allylic oxidation sites excluding steroid dienone is 2. The molecule has 0 N–H and O–H groups in total. The Morgan fingerprint density at radius 1 is 0.556 bits per heavy atom. The van der Waals surface area contributed by atoms with E-state index in [1.807, 2.05) is 13.8 Å². The van der Waals surface area contributed by atoms with E-state index >= 15 is 0 Å². The number of halogens is 2. The van der Waals surface area contributed by atoms with Crippen molar-refractivity contribution in [3.05, 3.63) is 165 Å². The number of aryl methyl sites for hydroxylation is 6. The molecule has 2 aliphatic rings. The number of furan rings is 2. The molecule has 2 heterocycles. The van der Waals surface area contributed by atoms with Crippen LogP contribution in [0.4, 0.5) is 0 Å². The second-order valence-corrected chi connectivity index (χ2v) is 54.4. The van der Waals surface area contributed by atoms with Crippen LogP contribution in [0, 0.1) is 27.7 Å². The van der Waals surface area contributed by atoms with Gasteiger partial charge in [-0.05, 0) is 0 Å². The molecule has 0 amide bonds. The summed E-state index contributed by atoms with van der Waals surface area (Å²) in [6.45, 7) is 17.7. The van der Waals surface area contributed by atoms with Crippen LogP contribution in [0.2, 0.25) is 13.1 Å². The zero-order valence-corrected chi connectivity index (χ0v) is 37.5. The molecule has 4 aromatic carbocycles. The van der Waals surface area contributed by atoms with Crippen LogP contribution >= 0.6 is 17.0 Å². The molecule has 8 rings (SSSR count). The summed E-state index contributed by atoms with van der Waals surface area (Å²) in [7, 11) is 17.9. The number of benzene rings is 4. The van der Waals surface area contributed by atoms with Crippen LogP contribution in [-0.4, -0.2) is 5.43 Å². The topological polar surface area (TPSA) is 26.3 Å². The Kier molecular flexibility index (Phi) is 9.70. The molecule has 0 radical (unpaired) electrons. The van der Waals surface area contributed by atoms with Crippen LogP contribution in [0.3, 0.4) is 0 Å². The first-order valence-electron chi connectivity index (χ1n) is 19.2. The summed E-state index contributed by atoms with van der Waals surface area (Å²) < 4.78 is 12.7. The molecule has 2 aliphatic carbocycles. The Morgan fingerprint density at radius 3 is 1.31 bits per heavy atom. The van der Waals surface area contributed by atoms with E-state index in [2.05, 4.69) is 150 Å². The molecular formula is C48H48Cl2O2SiZr. The summed E-state index contributed by atoms with van der Waals surface area (Å²) in [6, 6.07) is 35.2. The van der Waals surface area contributed by atoms with E-state index in [1.165, 1.54) is 66.8 Å². The molecule has 0 spiro atoms. The second kappa shape index (κ2) is 14.0. The third-order valence-electron chi connectivity index (χ3n) is 12.2. The summed E-state index contributed by atoms with van der Waals surface area (Å²) in [5, 5.41) is 0. The van der Waals surface area contributed by atoms with Gasteiger partial charge >= 0.3 is 331 Å². The fourth-order valence-electron chi connectivity index (χ4n) is 9.47. The van der Waals surface area contributed by atoms with Crippen LogP contribution < -0.4 is 0 Å². The maximum atomic E-state index is 8.95. The first kappa shape index (κ1) is 37.5.